The standard InChI is InChI=1S/C22H25N3O3/c1-4-25-11-10-23-21(25)14-24(2)22(27)18-7-5-6-16(12-18)17-8-9-20(28-3)19(13-17)15-26/h5-13,26H,4,14-15H2,1-3H3. The number of imidazole rings is 1. The number of carbonyl (C=O) groups excluding carboxylic acids is 1. The number of aliphatic hydroxyl groups excluding tert-OH is 1. The van der Waals surface area contributed by atoms with Crippen molar-refractivity contribution in [3.05, 3.63) is 71.8 Å². The summed E-state index contributed by atoms with van der Waals surface area (Å²) < 4.78 is 7.28. The van der Waals surface area contributed by atoms with Crippen molar-refractivity contribution in [2.24, 2.45) is 0 Å². The van der Waals surface area contributed by atoms with E-state index >= 15 is 0 Å². The number of benzene rings is 2. The number of ether oxygens (including phenoxy) is 1. The zero-order valence-corrected chi connectivity index (χ0v) is 16.4. The molecule has 3 aromatic rings. The molecule has 6 nitrogen and oxygen atoms in total. The molecule has 0 fully saturated rings. The lowest BCUT2D eigenvalue weighted by molar-refractivity contribution is 0.0780. The number of aromatic nitrogens is 2. The summed E-state index contributed by atoms with van der Waals surface area (Å²) in [7, 11) is 3.36. The van der Waals surface area contributed by atoms with Crippen LogP contribution in [0.25, 0.3) is 11.1 Å². The summed E-state index contributed by atoms with van der Waals surface area (Å²) in [5, 5.41) is 9.55. The third kappa shape index (κ3) is 4.07. The molecule has 1 heterocycles. The molecule has 0 atom stereocenters. The second-order valence-corrected chi connectivity index (χ2v) is 6.56. The van der Waals surface area contributed by atoms with E-state index in [0.717, 1.165) is 23.5 Å². The van der Waals surface area contributed by atoms with Crippen LogP contribution in [-0.4, -0.2) is 39.6 Å². The maximum Gasteiger partial charge on any atom is 0.254 e. The quantitative estimate of drug-likeness (QED) is 0.684. The number of aryl methyl sites for hydroxylation is 1. The molecule has 0 radical (unpaired) electrons. The molecule has 2 aromatic carbocycles. The number of hydrogen-bond acceptors (Lipinski definition) is 4. The highest BCUT2D eigenvalue weighted by Gasteiger charge is 2.15. The van der Waals surface area contributed by atoms with Gasteiger partial charge in [0.2, 0.25) is 0 Å². The van der Waals surface area contributed by atoms with Crippen molar-refractivity contribution in [3.63, 3.8) is 0 Å². The molecular formula is C22H25N3O3. The first-order chi connectivity index (χ1) is 13.6. The van der Waals surface area contributed by atoms with Crippen molar-refractivity contribution in [1.29, 1.82) is 0 Å². The first-order valence-corrected chi connectivity index (χ1v) is 9.21. The fourth-order valence-electron chi connectivity index (χ4n) is 3.20. The Hall–Kier alpha value is -3.12. The first kappa shape index (κ1) is 19.6. The minimum Gasteiger partial charge on any atom is -0.496 e. The van der Waals surface area contributed by atoms with Crippen LogP contribution in [0.1, 0.15) is 28.7 Å². The lowest BCUT2D eigenvalue weighted by Crippen LogP contribution is -2.27. The van der Waals surface area contributed by atoms with E-state index in [4.69, 9.17) is 4.74 Å². The Kier molecular flexibility index (Phi) is 6.11. The summed E-state index contributed by atoms with van der Waals surface area (Å²) in [4.78, 5) is 18.9. The third-order valence-corrected chi connectivity index (χ3v) is 4.76. The second-order valence-electron chi connectivity index (χ2n) is 6.56. The van der Waals surface area contributed by atoms with Gasteiger partial charge in [-0.1, -0.05) is 18.2 Å². The van der Waals surface area contributed by atoms with Gasteiger partial charge in [-0.2, -0.15) is 0 Å². The van der Waals surface area contributed by atoms with E-state index in [1.165, 1.54) is 0 Å². The molecule has 0 bridgehead atoms. The van der Waals surface area contributed by atoms with Gasteiger partial charge >= 0.3 is 0 Å². The van der Waals surface area contributed by atoms with E-state index in [1.807, 2.05) is 60.2 Å². The maximum atomic E-state index is 12.9. The molecule has 0 saturated heterocycles. The predicted octanol–water partition coefficient (Wildman–Crippen LogP) is 3.34. The van der Waals surface area contributed by atoms with E-state index in [2.05, 4.69) is 4.98 Å². The summed E-state index contributed by atoms with van der Waals surface area (Å²) in [6, 6.07) is 13.1. The molecule has 1 N–H and O–H groups in total. The first-order valence-electron chi connectivity index (χ1n) is 9.21. The molecule has 146 valence electrons. The van der Waals surface area contributed by atoms with Crippen LogP contribution < -0.4 is 4.74 Å². The number of amides is 1. The fourth-order valence-corrected chi connectivity index (χ4v) is 3.20. The molecule has 0 aliphatic carbocycles. The van der Waals surface area contributed by atoms with Gasteiger partial charge in [0.05, 0.1) is 20.3 Å². The van der Waals surface area contributed by atoms with E-state index in [0.29, 0.717) is 23.4 Å². The second kappa shape index (κ2) is 8.71. The molecule has 1 amide bonds. The number of methoxy groups -OCH3 is 1. The van der Waals surface area contributed by atoms with E-state index in [9.17, 15) is 9.90 Å². The van der Waals surface area contributed by atoms with E-state index < -0.39 is 0 Å². The lowest BCUT2D eigenvalue weighted by Gasteiger charge is -2.18. The smallest absolute Gasteiger partial charge is 0.254 e. The zero-order valence-electron chi connectivity index (χ0n) is 16.4. The van der Waals surface area contributed by atoms with Gasteiger partial charge in [0.15, 0.2) is 0 Å². The van der Waals surface area contributed by atoms with Crippen molar-refractivity contribution in [3.8, 4) is 16.9 Å². The number of rotatable bonds is 7. The van der Waals surface area contributed by atoms with Crippen LogP contribution in [-0.2, 0) is 19.7 Å². The van der Waals surface area contributed by atoms with Crippen molar-refractivity contribution in [2.45, 2.75) is 26.6 Å². The van der Waals surface area contributed by atoms with Crippen molar-refractivity contribution < 1.29 is 14.6 Å². The normalized spacial score (nSPS) is 10.7. The Morgan fingerprint density at radius 1 is 1.21 bits per heavy atom. The third-order valence-electron chi connectivity index (χ3n) is 4.76. The van der Waals surface area contributed by atoms with Crippen LogP contribution in [0, 0.1) is 0 Å². The summed E-state index contributed by atoms with van der Waals surface area (Å²) in [5.41, 5.74) is 3.14. The van der Waals surface area contributed by atoms with Crippen molar-refractivity contribution in [2.75, 3.05) is 14.2 Å². The van der Waals surface area contributed by atoms with Crippen molar-refractivity contribution >= 4 is 5.91 Å². The van der Waals surface area contributed by atoms with Gasteiger partial charge in [0, 0.05) is 37.1 Å². The average molecular weight is 379 g/mol. The van der Waals surface area contributed by atoms with Crippen LogP contribution >= 0.6 is 0 Å². The highest BCUT2D eigenvalue weighted by Crippen LogP contribution is 2.27. The molecule has 1 aromatic heterocycles. The monoisotopic (exact) mass is 379 g/mol. The van der Waals surface area contributed by atoms with Gasteiger partial charge in [-0.05, 0) is 42.3 Å². The van der Waals surface area contributed by atoms with Gasteiger partial charge in [0.25, 0.3) is 5.91 Å². The Bertz CT molecular complexity index is 965. The highest BCUT2D eigenvalue weighted by atomic mass is 16.5. The number of carbonyl (C=O) groups is 1. The molecule has 28 heavy (non-hydrogen) atoms. The van der Waals surface area contributed by atoms with Crippen LogP contribution in [0.15, 0.2) is 54.9 Å². The minimum absolute atomic E-state index is 0.0663. The van der Waals surface area contributed by atoms with Crippen LogP contribution in [0.4, 0.5) is 0 Å². The molecule has 0 aliphatic rings. The summed E-state index contributed by atoms with van der Waals surface area (Å²) in [5.74, 6) is 1.44. The van der Waals surface area contributed by atoms with Gasteiger partial charge in [-0.15, -0.1) is 0 Å². The molecule has 6 heteroatoms. The van der Waals surface area contributed by atoms with E-state index in [-0.39, 0.29) is 12.5 Å². The Morgan fingerprint density at radius 2 is 2.00 bits per heavy atom. The maximum absolute atomic E-state index is 12.9. The number of hydrogen-bond donors (Lipinski definition) is 1. The largest absolute Gasteiger partial charge is 0.496 e. The highest BCUT2D eigenvalue weighted by molar-refractivity contribution is 5.95. The van der Waals surface area contributed by atoms with Crippen LogP contribution in [0.3, 0.4) is 0 Å². The molecular weight excluding hydrogens is 354 g/mol. The predicted molar refractivity (Wildman–Crippen MR) is 108 cm³/mol. The topological polar surface area (TPSA) is 67.6 Å². The van der Waals surface area contributed by atoms with Gasteiger partial charge < -0.3 is 19.3 Å². The van der Waals surface area contributed by atoms with Gasteiger partial charge in [0.1, 0.15) is 11.6 Å². The zero-order chi connectivity index (χ0) is 20.1. The summed E-state index contributed by atoms with van der Waals surface area (Å²) >= 11 is 0. The molecule has 0 spiro atoms. The average Bonchev–Trinajstić information content (AvgIpc) is 3.19. The van der Waals surface area contributed by atoms with Gasteiger partial charge in [-0.25, -0.2) is 4.98 Å². The SMILES string of the molecule is CCn1ccnc1CN(C)C(=O)c1cccc(-c2ccc(OC)c(CO)c2)c1. The molecule has 0 aliphatic heterocycles. The molecule has 0 unspecified atom stereocenters. The summed E-state index contributed by atoms with van der Waals surface area (Å²) in [6.45, 7) is 3.20. The van der Waals surface area contributed by atoms with Crippen LogP contribution in [0.5, 0.6) is 5.75 Å². The Balaban J connectivity index is 1.83. The Morgan fingerprint density at radius 3 is 2.71 bits per heavy atom. The minimum atomic E-state index is -0.109. The molecule has 0 saturated carbocycles. The number of aliphatic hydroxyl groups is 1. The Labute approximate surface area is 165 Å². The summed E-state index contributed by atoms with van der Waals surface area (Å²) in [6.07, 6.45) is 3.66. The van der Waals surface area contributed by atoms with Crippen molar-refractivity contribution in [1.82, 2.24) is 14.5 Å². The van der Waals surface area contributed by atoms with Gasteiger partial charge in [-0.3, -0.25) is 4.79 Å². The number of nitrogens with zero attached hydrogens (tertiary/aromatic N) is 3. The van der Waals surface area contributed by atoms with Crippen LogP contribution in [0.2, 0.25) is 0 Å². The molecule has 3 rings (SSSR count). The van der Waals surface area contributed by atoms with E-state index in [1.54, 1.807) is 25.3 Å². The fraction of sp³-hybridized carbons (Fsp3) is 0.273. The lowest BCUT2D eigenvalue weighted by atomic mass is 10.0.